The second kappa shape index (κ2) is 52.8. The predicted molar refractivity (Wildman–Crippen MR) is 312 cm³/mol. The molecule has 6 unspecified atom stereocenters. The summed E-state index contributed by atoms with van der Waals surface area (Å²) in [5.41, 5.74) is 0. The second-order valence-corrected chi connectivity index (χ2v) is 21.0. The number of aliphatic carboxylic acids is 1. The number of aliphatic hydroxyl groups excluding tert-OH is 2. The quantitative estimate of drug-likeness (QED) is 0.0228. The third-order valence-electron chi connectivity index (χ3n) is 13.8. The summed E-state index contributed by atoms with van der Waals surface area (Å²) in [6.45, 7) is 5.84. The molecule has 1 heterocycles. The topological polar surface area (TPSA) is 175 Å². The Balaban J connectivity index is 2.70. The molecule has 1 aliphatic rings. The summed E-state index contributed by atoms with van der Waals surface area (Å²) in [5.74, 6) is -3.16. The number of carboxylic acids is 1. The first-order valence-corrected chi connectivity index (χ1v) is 30.9. The van der Waals surface area contributed by atoms with Gasteiger partial charge in [0.2, 0.25) is 0 Å². The van der Waals surface area contributed by atoms with Crippen LogP contribution in [-0.2, 0) is 42.9 Å². The SMILES string of the molecule is CC/C=C\C/C=C\C/C=C\C/C=C\CCCCCCC(=O)OCC(COC1OC(C(=O)O)C(O)C(O)C1OC(=O)CCCCCCCCCCCCCCCCC)OC(=O)CCCCCCC/C=C\C/C=C\CCCCC. The standard InChI is InChI=1S/C65H110O12/c1-4-7-10-13-16-19-22-25-28-29-32-33-36-39-42-45-48-51-57(66)73-54-56(75-58(67)52-49-46-43-40-37-34-30-26-23-20-17-14-11-8-5-2)55-74-65-63(61(70)60(69)62(77-65)64(71)72)76-59(68)53-50-47-44-41-38-35-31-27-24-21-18-15-12-9-6-3/h7,10,16-17,19-20,25-26,28,30,32-33,56,60-63,65,69-70H,4-6,8-9,11-15,18,21-24,27,29,31,34-55H2,1-3H3,(H,71,72)/b10-7-,19-16-,20-17-,28-25-,30-26-,33-32-. The third-order valence-corrected chi connectivity index (χ3v) is 13.8. The molecule has 1 rings (SSSR count). The van der Waals surface area contributed by atoms with E-state index >= 15 is 0 Å². The van der Waals surface area contributed by atoms with Crippen LogP contribution in [0.3, 0.4) is 0 Å². The van der Waals surface area contributed by atoms with Crippen molar-refractivity contribution in [1.82, 2.24) is 0 Å². The van der Waals surface area contributed by atoms with Gasteiger partial charge in [-0.25, -0.2) is 4.79 Å². The van der Waals surface area contributed by atoms with Crippen LogP contribution in [0, 0.1) is 0 Å². The smallest absolute Gasteiger partial charge is 0.335 e. The summed E-state index contributed by atoms with van der Waals surface area (Å²) in [6.07, 6.45) is 54.3. The van der Waals surface area contributed by atoms with E-state index in [0.717, 1.165) is 122 Å². The number of hydrogen-bond donors (Lipinski definition) is 3. The van der Waals surface area contributed by atoms with Crippen LogP contribution in [0.1, 0.15) is 265 Å². The van der Waals surface area contributed by atoms with Crippen LogP contribution in [0.2, 0.25) is 0 Å². The van der Waals surface area contributed by atoms with Crippen LogP contribution in [-0.4, -0.2) is 89.2 Å². The maximum Gasteiger partial charge on any atom is 0.335 e. The summed E-state index contributed by atoms with van der Waals surface area (Å²) >= 11 is 0. The minimum Gasteiger partial charge on any atom is -0.479 e. The van der Waals surface area contributed by atoms with E-state index in [4.69, 9.17) is 23.7 Å². The highest BCUT2D eigenvalue weighted by atomic mass is 16.7. The van der Waals surface area contributed by atoms with Crippen LogP contribution < -0.4 is 0 Å². The fourth-order valence-electron chi connectivity index (χ4n) is 9.04. The van der Waals surface area contributed by atoms with Gasteiger partial charge in [-0.1, -0.05) is 229 Å². The summed E-state index contributed by atoms with van der Waals surface area (Å²) in [5, 5.41) is 31.5. The highest BCUT2D eigenvalue weighted by Gasteiger charge is 2.50. The number of unbranched alkanes of at least 4 members (excludes halogenated alkanes) is 26. The van der Waals surface area contributed by atoms with Crippen molar-refractivity contribution < 1.29 is 58.2 Å². The lowest BCUT2D eigenvalue weighted by Gasteiger charge is -2.40. The van der Waals surface area contributed by atoms with E-state index in [-0.39, 0.29) is 25.9 Å². The van der Waals surface area contributed by atoms with E-state index in [1.807, 2.05) is 0 Å². The Morgan fingerprint density at radius 1 is 0.442 bits per heavy atom. The number of aliphatic hydroxyl groups is 2. The number of allylic oxidation sites excluding steroid dienone is 12. The summed E-state index contributed by atoms with van der Waals surface area (Å²) in [6, 6.07) is 0. The molecule has 3 N–H and O–H groups in total. The second-order valence-electron chi connectivity index (χ2n) is 21.0. The van der Waals surface area contributed by atoms with Crippen molar-refractivity contribution in [3.63, 3.8) is 0 Å². The van der Waals surface area contributed by atoms with Crippen LogP contribution >= 0.6 is 0 Å². The van der Waals surface area contributed by atoms with Crippen molar-refractivity contribution in [2.75, 3.05) is 13.2 Å². The Hall–Kier alpha value is -3.84. The molecule has 12 nitrogen and oxygen atoms in total. The van der Waals surface area contributed by atoms with E-state index in [1.165, 1.54) is 83.5 Å². The zero-order chi connectivity index (χ0) is 56.1. The number of carboxylic acid groups (broad SMARTS) is 1. The van der Waals surface area contributed by atoms with Crippen molar-refractivity contribution in [2.45, 2.75) is 302 Å². The fourth-order valence-corrected chi connectivity index (χ4v) is 9.04. The fraction of sp³-hybridized carbons (Fsp3) is 0.754. The van der Waals surface area contributed by atoms with Gasteiger partial charge in [0.15, 0.2) is 24.6 Å². The molecule has 0 aromatic heterocycles. The molecule has 0 aromatic carbocycles. The average molecular weight is 1080 g/mol. The summed E-state index contributed by atoms with van der Waals surface area (Å²) in [4.78, 5) is 51.2. The molecule has 442 valence electrons. The molecule has 77 heavy (non-hydrogen) atoms. The normalized spacial score (nSPS) is 18.5. The Labute approximate surface area is 468 Å². The molecule has 12 heteroatoms. The number of hydrogen-bond acceptors (Lipinski definition) is 11. The highest BCUT2D eigenvalue weighted by molar-refractivity contribution is 5.74. The first kappa shape index (κ1) is 71.2. The predicted octanol–water partition coefficient (Wildman–Crippen LogP) is 16.1. The van der Waals surface area contributed by atoms with Crippen molar-refractivity contribution in [3.05, 3.63) is 72.9 Å². The van der Waals surface area contributed by atoms with Crippen molar-refractivity contribution in [1.29, 1.82) is 0 Å². The molecule has 0 amide bonds. The van der Waals surface area contributed by atoms with Crippen molar-refractivity contribution in [2.24, 2.45) is 0 Å². The molecule has 0 aliphatic carbocycles. The monoisotopic (exact) mass is 1080 g/mol. The first-order valence-electron chi connectivity index (χ1n) is 30.9. The lowest BCUT2D eigenvalue weighted by atomic mass is 9.98. The zero-order valence-electron chi connectivity index (χ0n) is 48.7. The first-order chi connectivity index (χ1) is 37.6. The summed E-state index contributed by atoms with van der Waals surface area (Å²) < 4.78 is 28.5. The van der Waals surface area contributed by atoms with Gasteiger partial charge in [-0.05, 0) is 89.9 Å². The van der Waals surface area contributed by atoms with E-state index in [1.54, 1.807) is 0 Å². The van der Waals surface area contributed by atoms with E-state index in [0.29, 0.717) is 19.3 Å². The largest absolute Gasteiger partial charge is 0.479 e. The number of esters is 3. The minimum absolute atomic E-state index is 0.0578. The molecule has 0 aromatic rings. The summed E-state index contributed by atoms with van der Waals surface area (Å²) in [7, 11) is 0. The molecule has 0 radical (unpaired) electrons. The number of ether oxygens (including phenoxy) is 5. The minimum atomic E-state index is -1.91. The van der Waals surface area contributed by atoms with Crippen LogP contribution in [0.15, 0.2) is 72.9 Å². The van der Waals surface area contributed by atoms with Crippen LogP contribution in [0.4, 0.5) is 0 Å². The lowest BCUT2D eigenvalue weighted by molar-refractivity contribution is -0.301. The van der Waals surface area contributed by atoms with E-state index < -0.39 is 67.3 Å². The van der Waals surface area contributed by atoms with Gasteiger partial charge in [-0.2, -0.15) is 0 Å². The number of carbonyl (C=O) groups excluding carboxylic acids is 3. The maximum absolute atomic E-state index is 13.2. The number of carbonyl (C=O) groups is 4. The molecule has 0 saturated carbocycles. The van der Waals surface area contributed by atoms with Gasteiger partial charge in [0.1, 0.15) is 18.8 Å². The maximum atomic E-state index is 13.2. The van der Waals surface area contributed by atoms with Gasteiger partial charge in [-0.15, -0.1) is 0 Å². The zero-order valence-corrected chi connectivity index (χ0v) is 48.7. The Morgan fingerprint density at radius 2 is 0.818 bits per heavy atom. The highest BCUT2D eigenvalue weighted by Crippen LogP contribution is 2.26. The number of rotatable bonds is 52. The molecular weight excluding hydrogens is 973 g/mol. The van der Waals surface area contributed by atoms with Gasteiger partial charge < -0.3 is 39.0 Å². The van der Waals surface area contributed by atoms with Crippen molar-refractivity contribution >= 4 is 23.9 Å². The Morgan fingerprint density at radius 3 is 1.27 bits per heavy atom. The molecular formula is C65H110O12. The molecule has 0 spiro atoms. The Kier molecular flexibility index (Phi) is 48.8. The van der Waals surface area contributed by atoms with E-state index in [2.05, 4.69) is 93.7 Å². The third kappa shape index (κ3) is 42.7. The molecule has 1 fully saturated rings. The molecule has 6 atom stereocenters. The Bertz CT molecular complexity index is 1620. The van der Waals surface area contributed by atoms with Gasteiger partial charge in [0.25, 0.3) is 0 Å². The van der Waals surface area contributed by atoms with Gasteiger partial charge in [-0.3, -0.25) is 14.4 Å². The lowest BCUT2D eigenvalue weighted by Crippen LogP contribution is -2.61. The average Bonchev–Trinajstić information content (AvgIpc) is 3.42. The van der Waals surface area contributed by atoms with Crippen LogP contribution in [0.5, 0.6) is 0 Å². The molecule has 0 bridgehead atoms. The van der Waals surface area contributed by atoms with E-state index in [9.17, 15) is 34.5 Å². The van der Waals surface area contributed by atoms with Crippen molar-refractivity contribution in [3.8, 4) is 0 Å². The van der Waals surface area contributed by atoms with Gasteiger partial charge in [0.05, 0.1) is 6.61 Å². The van der Waals surface area contributed by atoms with Gasteiger partial charge >= 0.3 is 23.9 Å². The molecule has 1 aliphatic heterocycles. The van der Waals surface area contributed by atoms with Gasteiger partial charge in [0, 0.05) is 19.3 Å². The van der Waals surface area contributed by atoms with Crippen LogP contribution in [0.25, 0.3) is 0 Å². The molecule has 1 saturated heterocycles.